The molecule has 0 unspecified atom stereocenters. The van der Waals surface area contributed by atoms with Crippen molar-refractivity contribution in [1.82, 2.24) is 4.98 Å². The molecule has 0 aliphatic carbocycles. The first kappa shape index (κ1) is 15.5. The van der Waals surface area contributed by atoms with Crippen LogP contribution in [-0.4, -0.2) is 11.3 Å². The number of hydrogen-bond acceptors (Lipinski definition) is 2. The van der Waals surface area contributed by atoms with Crippen molar-refractivity contribution in [1.29, 1.82) is 0 Å². The second-order valence-corrected chi connectivity index (χ2v) is 6.26. The summed E-state index contributed by atoms with van der Waals surface area (Å²) in [7, 11) is 0. The first-order valence-corrected chi connectivity index (χ1v) is 7.10. The summed E-state index contributed by atoms with van der Waals surface area (Å²) in [5.74, 6) is 0. The largest absolute Gasteiger partial charge is 0.286 e. The monoisotopic (exact) mass is 298 g/mol. The lowest BCUT2D eigenvalue weighted by atomic mass is 9.86. The molecule has 0 fully saturated rings. The predicted molar refractivity (Wildman–Crippen MR) is 87.2 cm³/mol. The number of carbonyl (C=O) groups excluding carboxylic acids is 1. The zero-order valence-corrected chi connectivity index (χ0v) is 13.1. The first-order valence-electron chi connectivity index (χ1n) is 6.72. The van der Waals surface area contributed by atoms with E-state index in [-0.39, 0.29) is 5.41 Å². The molecule has 2 aromatic rings. The quantitative estimate of drug-likeness (QED) is 0.613. The minimum absolute atomic E-state index is 0.0964. The highest BCUT2D eigenvalue weighted by Gasteiger charge is 2.14. The van der Waals surface area contributed by atoms with Crippen LogP contribution in [0.25, 0.3) is 5.57 Å². The van der Waals surface area contributed by atoms with E-state index < -0.39 is 0 Å². The van der Waals surface area contributed by atoms with Gasteiger partial charge in [0.2, 0.25) is 6.29 Å². The lowest BCUT2D eigenvalue weighted by molar-refractivity contribution is 0.564. The molecule has 2 rings (SSSR count). The number of nitrogens with zero attached hydrogens (tertiary/aromatic N) is 1. The summed E-state index contributed by atoms with van der Waals surface area (Å²) in [4.78, 5) is 14.8. The van der Waals surface area contributed by atoms with Gasteiger partial charge in [-0.2, -0.15) is 0 Å². The molecule has 1 aromatic carbocycles. The van der Waals surface area contributed by atoms with Gasteiger partial charge in [-0.25, -0.2) is 4.98 Å². The minimum atomic E-state index is 0.0964. The standard InChI is InChI=1S/C18H17ClNO/c1-18(2,3)15-6-4-13(5-7-15)16(9-11-21)14-8-10-20-17(19)12-14/h4-10,12H,1-3H3. The summed E-state index contributed by atoms with van der Waals surface area (Å²) in [5.41, 5.74) is 3.93. The number of allylic oxidation sites excluding steroid dienone is 1. The van der Waals surface area contributed by atoms with E-state index in [1.807, 2.05) is 24.5 Å². The Labute approximate surface area is 130 Å². The molecule has 0 spiro atoms. The predicted octanol–water partition coefficient (Wildman–Crippen LogP) is 4.57. The smallest absolute Gasteiger partial charge is 0.226 e. The van der Waals surface area contributed by atoms with Gasteiger partial charge >= 0.3 is 0 Å². The van der Waals surface area contributed by atoms with Crippen molar-refractivity contribution in [3.63, 3.8) is 0 Å². The minimum Gasteiger partial charge on any atom is -0.286 e. The van der Waals surface area contributed by atoms with Gasteiger partial charge in [-0.15, -0.1) is 0 Å². The van der Waals surface area contributed by atoms with Crippen LogP contribution in [0, 0.1) is 0 Å². The van der Waals surface area contributed by atoms with Crippen LogP contribution < -0.4 is 0 Å². The average Bonchev–Trinajstić information content (AvgIpc) is 2.44. The van der Waals surface area contributed by atoms with Crippen LogP contribution in [0.5, 0.6) is 0 Å². The van der Waals surface area contributed by atoms with Gasteiger partial charge in [0.15, 0.2) is 0 Å². The molecule has 1 radical (unpaired) electrons. The van der Waals surface area contributed by atoms with Crippen LogP contribution in [0.3, 0.4) is 0 Å². The normalized spacial score (nSPS) is 12.3. The van der Waals surface area contributed by atoms with E-state index in [1.54, 1.807) is 12.3 Å². The Hall–Kier alpha value is -1.93. The fourth-order valence-electron chi connectivity index (χ4n) is 2.11. The molecule has 0 aliphatic rings. The Balaban J connectivity index is 2.45. The maximum absolute atomic E-state index is 10.8. The van der Waals surface area contributed by atoms with E-state index in [0.29, 0.717) is 5.15 Å². The molecule has 3 heteroatoms. The molecule has 0 bridgehead atoms. The van der Waals surface area contributed by atoms with Gasteiger partial charge in [0, 0.05) is 6.20 Å². The van der Waals surface area contributed by atoms with Gasteiger partial charge in [0.1, 0.15) is 5.15 Å². The summed E-state index contributed by atoms with van der Waals surface area (Å²) in [6, 6.07) is 11.7. The SMILES string of the molecule is CC(C)(C)c1ccc(C(=C[C]=O)c2ccnc(Cl)c2)cc1. The average molecular weight is 299 g/mol. The fraction of sp³-hybridized carbons (Fsp3) is 0.222. The lowest BCUT2D eigenvalue weighted by Gasteiger charge is -2.19. The van der Waals surface area contributed by atoms with Crippen LogP contribution in [0.2, 0.25) is 5.15 Å². The van der Waals surface area contributed by atoms with E-state index in [4.69, 9.17) is 11.6 Å². The van der Waals surface area contributed by atoms with Crippen molar-refractivity contribution in [3.05, 3.63) is 70.5 Å². The van der Waals surface area contributed by atoms with Crippen LogP contribution >= 0.6 is 11.6 Å². The summed E-state index contributed by atoms with van der Waals surface area (Å²) in [6.45, 7) is 6.50. The summed E-state index contributed by atoms with van der Waals surface area (Å²) in [6.07, 6.45) is 4.91. The second-order valence-electron chi connectivity index (χ2n) is 5.87. The topological polar surface area (TPSA) is 30.0 Å². The van der Waals surface area contributed by atoms with E-state index in [1.165, 1.54) is 11.6 Å². The Bertz CT molecular complexity index is 666. The highest BCUT2D eigenvalue weighted by atomic mass is 35.5. The summed E-state index contributed by atoms with van der Waals surface area (Å²) >= 11 is 5.92. The van der Waals surface area contributed by atoms with Gasteiger partial charge in [-0.3, -0.25) is 4.79 Å². The third kappa shape index (κ3) is 3.79. The molecule has 2 nitrogen and oxygen atoms in total. The zero-order valence-electron chi connectivity index (χ0n) is 12.4. The molecule has 1 aromatic heterocycles. The van der Waals surface area contributed by atoms with Crippen molar-refractivity contribution in [3.8, 4) is 0 Å². The van der Waals surface area contributed by atoms with Gasteiger partial charge < -0.3 is 0 Å². The first-order chi connectivity index (χ1) is 9.91. The highest BCUT2D eigenvalue weighted by Crippen LogP contribution is 2.28. The second kappa shape index (κ2) is 6.23. The number of pyridine rings is 1. The van der Waals surface area contributed by atoms with Gasteiger partial charge in [0.05, 0.1) is 0 Å². The van der Waals surface area contributed by atoms with Crippen molar-refractivity contribution >= 4 is 23.5 Å². The molecular weight excluding hydrogens is 282 g/mol. The van der Waals surface area contributed by atoms with Crippen LogP contribution in [-0.2, 0) is 10.2 Å². The fourth-order valence-corrected chi connectivity index (χ4v) is 2.29. The van der Waals surface area contributed by atoms with Crippen molar-refractivity contribution in [2.45, 2.75) is 26.2 Å². The number of aromatic nitrogens is 1. The number of halogens is 1. The van der Waals surface area contributed by atoms with Crippen LogP contribution in [0.4, 0.5) is 0 Å². The molecule has 0 aliphatic heterocycles. The molecule has 0 saturated carbocycles. The molecule has 0 amide bonds. The van der Waals surface area contributed by atoms with E-state index >= 15 is 0 Å². The third-order valence-electron chi connectivity index (χ3n) is 3.30. The maximum Gasteiger partial charge on any atom is 0.226 e. The molecule has 21 heavy (non-hydrogen) atoms. The molecular formula is C18H17ClNO. The molecule has 1 heterocycles. The molecule has 0 N–H and O–H groups in total. The Morgan fingerprint density at radius 1 is 1.14 bits per heavy atom. The Morgan fingerprint density at radius 2 is 1.81 bits per heavy atom. The summed E-state index contributed by atoms with van der Waals surface area (Å²) in [5, 5.41) is 0.399. The van der Waals surface area contributed by atoms with Crippen LogP contribution in [0.1, 0.15) is 37.5 Å². The van der Waals surface area contributed by atoms with Gasteiger partial charge in [-0.05, 0) is 45.9 Å². The Kier molecular flexibility index (Phi) is 4.59. The highest BCUT2D eigenvalue weighted by molar-refractivity contribution is 6.29. The summed E-state index contributed by atoms with van der Waals surface area (Å²) < 4.78 is 0. The van der Waals surface area contributed by atoms with E-state index in [0.717, 1.165) is 16.7 Å². The Morgan fingerprint density at radius 3 is 2.33 bits per heavy atom. The maximum atomic E-state index is 10.8. The van der Waals surface area contributed by atoms with Gasteiger partial charge in [-0.1, -0.05) is 56.6 Å². The van der Waals surface area contributed by atoms with Crippen molar-refractivity contribution in [2.75, 3.05) is 0 Å². The number of hydrogen-bond donors (Lipinski definition) is 0. The lowest BCUT2D eigenvalue weighted by Crippen LogP contribution is -2.10. The molecule has 0 saturated heterocycles. The van der Waals surface area contributed by atoms with Crippen molar-refractivity contribution < 1.29 is 4.79 Å². The number of benzene rings is 1. The molecule has 107 valence electrons. The zero-order chi connectivity index (χ0) is 15.5. The van der Waals surface area contributed by atoms with E-state index in [9.17, 15) is 4.79 Å². The molecule has 0 atom stereocenters. The third-order valence-corrected chi connectivity index (χ3v) is 3.51. The van der Waals surface area contributed by atoms with Crippen molar-refractivity contribution in [2.24, 2.45) is 0 Å². The number of rotatable bonds is 3. The van der Waals surface area contributed by atoms with Gasteiger partial charge in [0.25, 0.3) is 0 Å². The van der Waals surface area contributed by atoms with E-state index in [2.05, 4.69) is 37.9 Å². The van der Waals surface area contributed by atoms with Crippen LogP contribution in [0.15, 0.2) is 48.7 Å².